The molecule has 0 radical (unpaired) electrons. The second-order valence-electron chi connectivity index (χ2n) is 4.20. The molecule has 0 aliphatic rings. The molecule has 84 valence electrons. The Morgan fingerprint density at radius 3 is 2.69 bits per heavy atom. The first-order chi connectivity index (χ1) is 7.68. The largest absolute Gasteiger partial charge is 0.326 e. The van der Waals surface area contributed by atoms with Crippen LogP contribution < -0.4 is 5.73 Å². The Labute approximate surface area is 95.9 Å². The highest BCUT2D eigenvalue weighted by molar-refractivity contribution is 5.26. The average Bonchev–Trinajstić information content (AvgIpc) is 2.71. The Kier molecular flexibility index (Phi) is 3.06. The molecule has 2 unspecified atom stereocenters. The number of aryl methyl sites for hydroxylation is 1. The van der Waals surface area contributed by atoms with Crippen LogP contribution in [0.15, 0.2) is 42.7 Å². The maximum atomic E-state index is 6.05. The van der Waals surface area contributed by atoms with Crippen molar-refractivity contribution >= 4 is 0 Å². The lowest BCUT2D eigenvalue weighted by Gasteiger charge is -2.22. The zero-order chi connectivity index (χ0) is 11.5. The summed E-state index contributed by atoms with van der Waals surface area (Å²) in [5.41, 5.74) is 8.50. The van der Waals surface area contributed by atoms with Crippen molar-refractivity contribution in [2.24, 2.45) is 5.73 Å². The van der Waals surface area contributed by atoms with E-state index in [9.17, 15) is 0 Å². The fourth-order valence-corrected chi connectivity index (χ4v) is 2.00. The summed E-state index contributed by atoms with van der Waals surface area (Å²) in [7, 11) is 0. The normalized spacial score (nSPS) is 14.7. The summed E-state index contributed by atoms with van der Waals surface area (Å²) >= 11 is 0. The molecular weight excluding hydrogens is 198 g/mol. The lowest BCUT2D eigenvalue weighted by atomic mass is 9.99. The minimum Gasteiger partial charge on any atom is -0.326 e. The molecule has 2 atom stereocenters. The van der Waals surface area contributed by atoms with Crippen molar-refractivity contribution in [1.82, 2.24) is 9.78 Å². The van der Waals surface area contributed by atoms with E-state index in [1.807, 2.05) is 23.9 Å². The molecule has 1 aromatic carbocycles. The molecule has 0 amide bonds. The van der Waals surface area contributed by atoms with E-state index in [-0.39, 0.29) is 12.1 Å². The number of nitrogens with two attached hydrogens (primary N) is 1. The van der Waals surface area contributed by atoms with Gasteiger partial charge in [0, 0.05) is 18.4 Å². The zero-order valence-corrected chi connectivity index (χ0v) is 9.67. The van der Waals surface area contributed by atoms with Crippen LogP contribution in [0, 0.1) is 6.92 Å². The van der Waals surface area contributed by atoms with Gasteiger partial charge in [-0.15, -0.1) is 0 Å². The first-order valence-corrected chi connectivity index (χ1v) is 5.50. The molecule has 16 heavy (non-hydrogen) atoms. The number of benzene rings is 1. The molecule has 0 bridgehead atoms. The Morgan fingerprint density at radius 1 is 1.31 bits per heavy atom. The van der Waals surface area contributed by atoms with Crippen LogP contribution >= 0.6 is 0 Å². The smallest absolute Gasteiger partial charge is 0.0916 e. The Hall–Kier alpha value is -1.61. The van der Waals surface area contributed by atoms with E-state index in [0.29, 0.717) is 0 Å². The van der Waals surface area contributed by atoms with Crippen molar-refractivity contribution in [1.29, 1.82) is 0 Å². The van der Waals surface area contributed by atoms with Gasteiger partial charge >= 0.3 is 0 Å². The third-order valence-corrected chi connectivity index (χ3v) is 2.69. The van der Waals surface area contributed by atoms with Crippen molar-refractivity contribution in [3.8, 4) is 0 Å². The molecule has 0 aliphatic carbocycles. The van der Waals surface area contributed by atoms with Crippen LogP contribution in [0.25, 0.3) is 0 Å². The van der Waals surface area contributed by atoms with Gasteiger partial charge in [0.2, 0.25) is 0 Å². The molecular formula is C13H17N3. The average molecular weight is 215 g/mol. The predicted molar refractivity (Wildman–Crippen MR) is 65.2 cm³/mol. The molecule has 1 aromatic heterocycles. The second kappa shape index (κ2) is 4.49. The highest BCUT2D eigenvalue weighted by Crippen LogP contribution is 2.21. The third kappa shape index (κ3) is 2.14. The van der Waals surface area contributed by atoms with Crippen LogP contribution in [0.5, 0.6) is 0 Å². The van der Waals surface area contributed by atoms with Crippen molar-refractivity contribution in [2.45, 2.75) is 25.9 Å². The number of hydrogen-bond acceptors (Lipinski definition) is 2. The number of hydrogen-bond donors (Lipinski definition) is 1. The Morgan fingerprint density at radius 2 is 2.12 bits per heavy atom. The quantitative estimate of drug-likeness (QED) is 0.852. The molecule has 2 N–H and O–H groups in total. The predicted octanol–water partition coefficient (Wildman–Crippen LogP) is 2.13. The number of nitrogens with zero attached hydrogens (tertiary/aromatic N) is 2. The van der Waals surface area contributed by atoms with Crippen LogP contribution in [-0.4, -0.2) is 15.8 Å². The fraction of sp³-hybridized carbons (Fsp3) is 0.308. The van der Waals surface area contributed by atoms with Gasteiger partial charge in [-0.25, -0.2) is 0 Å². The number of aromatic nitrogens is 2. The molecule has 2 rings (SSSR count). The molecule has 0 saturated heterocycles. The molecule has 3 nitrogen and oxygen atoms in total. The van der Waals surface area contributed by atoms with E-state index in [1.54, 1.807) is 6.20 Å². The summed E-state index contributed by atoms with van der Waals surface area (Å²) in [5.74, 6) is 0. The Balaban J connectivity index is 2.41. The second-order valence-corrected chi connectivity index (χ2v) is 4.20. The van der Waals surface area contributed by atoms with Crippen LogP contribution in [0.4, 0.5) is 0 Å². The molecule has 2 aromatic rings. The van der Waals surface area contributed by atoms with Crippen LogP contribution in [-0.2, 0) is 0 Å². The minimum atomic E-state index is 0.0294. The molecule has 3 heteroatoms. The van der Waals surface area contributed by atoms with Gasteiger partial charge in [-0.05, 0) is 25.5 Å². The highest BCUT2D eigenvalue weighted by atomic mass is 15.3. The molecule has 0 saturated carbocycles. The third-order valence-electron chi connectivity index (χ3n) is 2.69. The van der Waals surface area contributed by atoms with E-state index in [1.165, 1.54) is 11.1 Å². The summed E-state index contributed by atoms with van der Waals surface area (Å²) in [6.07, 6.45) is 3.74. The van der Waals surface area contributed by atoms with Gasteiger partial charge in [-0.2, -0.15) is 5.10 Å². The summed E-state index contributed by atoms with van der Waals surface area (Å²) < 4.78 is 1.92. The van der Waals surface area contributed by atoms with Crippen molar-refractivity contribution in [2.75, 3.05) is 0 Å². The number of rotatable bonds is 3. The molecule has 0 spiro atoms. The van der Waals surface area contributed by atoms with Gasteiger partial charge in [-0.1, -0.05) is 29.8 Å². The van der Waals surface area contributed by atoms with Crippen LogP contribution in [0.2, 0.25) is 0 Å². The standard InChI is InChI=1S/C13H17N3/c1-10-5-3-6-12(9-10)13(11(2)14)16-8-4-7-15-16/h3-9,11,13H,14H2,1-2H3. The topological polar surface area (TPSA) is 43.8 Å². The van der Waals surface area contributed by atoms with Gasteiger partial charge in [0.05, 0.1) is 6.04 Å². The van der Waals surface area contributed by atoms with Crippen molar-refractivity contribution in [3.05, 3.63) is 53.9 Å². The van der Waals surface area contributed by atoms with Gasteiger partial charge < -0.3 is 5.73 Å². The first-order valence-electron chi connectivity index (χ1n) is 5.50. The molecule has 0 aliphatic heterocycles. The van der Waals surface area contributed by atoms with Crippen LogP contribution in [0.3, 0.4) is 0 Å². The van der Waals surface area contributed by atoms with Gasteiger partial charge in [0.15, 0.2) is 0 Å². The summed E-state index contributed by atoms with van der Waals surface area (Å²) in [5, 5.41) is 4.28. The first kappa shape index (κ1) is 10.9. The highest BCUT2D eigenvalue weighted by Gasteiger charge is 2.18. The summed E-state index contributed by atoms with van der Waals surface area (Å²) in [4.78, 5) is 0. The van der Waals surface area contributed by atoms with E-state index >= 15 is 0 Å². The van der Waals surface area contributed by atoms with E-state index in [0.717, 1.165) is 0 Å². The summed E-state index contributed by atoms with van der Waals surface area (Å²) in [6, 6.07) is 10.5. The van der Waals surface area contributed by atoms with Crippen molar-refractivity contribution < 1.29 is 0 Å². The lowest BCUT2D eigenvalue weighted by Crippen LogP contribution is -2.30. The van der Waals surface area contributed by atoms with Gasteiger partial charge in [-0.3, -0.25) is 4.68 Å². The Bertz CT molecular complexity index is 446. The molecule has 1 heterocycles. The van der Waals surface area contributed by atoms with E-state index in [4.69, 9.17) is 5.73 Å². The monoisotopic (exact) mass is 215 g/mol. The lowest BCUT2D eigenvalue weighted by molar-refractivity contribution is 0.454. The molecule has 0 fully saturated rings. The van der Waals surface area contributed by atoms with Crippen molar-refractivity contribution in [3.63, 3.8) is 0 Å². The van der Waals surface area contributed by atoms with E-state index < -0.39 is 0 Å². The van der Waals surface area contributed by atoms with Gasteiger partial charge in [0.25, 0.3) is 0 Å². The zero-order valence-electron chi connectivity index (χ0n) is 9.67. The fourth-order valence-electron chi connectivity index (χ4n) is 2.00. The maximum Gasteiger partial charge on any atom is 0.0916 e. The van der Waals surface area contributed by atoms with Gasteiger partial charge in [0.1, 0.15) is 0 Å². The van der Waals surface area contributed by atoms with Crippen LogP contribution in [0.1, 0.15) is 24.1 Å². The minimum absolute atomic E-state index is 0.0294. The summed E-state index contributed by atoms with van der Waals surface area (Å²) in [6.45, 7) is 4.10. The van der Waals surface area contributed by atoms with E-state index in [2.05, 4.69) is 36.3 Å². The maximum absolute atomic E-state index is 6.05. The SMILES string of the molecule is Cc1cccc(C(C(C)N)n2cccn2)c1.